The highest BCUT2D eigenvalue weighted by atomic mass is 32.2. The van der Waals surface area contributed by atoms with Crippen molar-refractivity contribution in [2.45, 2.75) is 62.0 Å². The molecule has 8 heteroatoms. The Morgan fingerprint density at radius 3 is 2.67 bits per heavy atom. The third-order valence-corrected chi connectivity index (χ3v) is 7.10. The Balaban J connectivity index is 1.83. The second-order valence-electron chi connectivity index (χ2n) is 6.42. The molecule has 3 aromatic rings. The highest BCUT2D eigenvalue weighted by Gasteiger charge is 2.28. The van der Waals surface area contributed by atoms with Gasteiger partial charge in [-0.3, -0.25) is 9.36 Å². The SMILES string of the molecule is Cc1sc2nc(Sc3nc(C4CC4)ns3)n(C(C)C)c(=O)c2c1C. The van der Waals surface area contributed by atoms with Gasteiger partial charge in [-0.25, -0.2) is 9.97 Å². The maximum atomic E-state index is 13.0. The number of aryl methyl sites for hydroxylation is 2. The molecule has 0 N–H and O–H groups in total. The molecule has 5 nitrogen and oxygen atoms in total. The molecule has 0 unspecified atom stereocenters. The molecule has 1 fully saturated rings. The Morgan fingerprint density at radius 1 is 1.25 bits per heavy atom. The number of fused-ring (bicyclic) bond motifs is 1. The number of aromatic nitrogens is 4. The molecule has 0 atom stereocenters. The second kappa shape index (κ2) is 5.93. The van der Waals surface area contributed by atoms with Crippen molar-refractivity contribution in [3.05, 3.63) is 26.6 Å². The molecule has 24 heavy (non-hydrogen) atoms. The molecule has 0 amide bonds. The van der Waals surface area contributed by atoms with Crippen LogP contribution in [0.2, 0.25) is 0 Å². The zero-order chi connectivity index (χ0) is 17.0. The van der Waals surface area contributed by atoms with Crippen molar-refractivity contribution in [2.24, 2.45) is 0 Å². The van der Waals surface area contributed by atoms with Crippen LogP contribution in [0, 0.1) is 13.8 Å². The molecule has 126 valence electrons. The quantitative estimate of drug-likeness (QED) is 0.624. The largest absolute Gasteiger partial charge is 0.284 e. The number of hydrogen-bond acceptors (Lipinski definition) is 7. The Hall–Kier alpha value is -1.25. The minimum Gasteiger partial charge on any atom is -0.284 e. The molecule has 3 aromatic heterocycles. The van der Waals surface area contributed by atoms with Crippen LogP contribution in [-0.2, 0) is 0 Å². The predicted octanol–water partition coefficient (Wildman–Crippen LogP) is 4.54. The number of hydrogen-bond donors (Lipinski definition) is 0. The molecular formula is C16H18N4OS3. The summed E-state index contributed by atoms with van der Waals surface area (Å²) >= 11 is 4.45. The fourth-order valence-corrected chi connectivity index (χ4v) is 5.54. The number of thiophene rings is 1. The van der Waals surface area contributed by atoms with E-state index in [-0.39, 0.29) is 11.6 Å². The molecule has 0 radical (unpaired) electrons. The zero-order valence-corrected chi connectivity index (χ0v) is 16.4. The van der Waals surface area contributed by atoms with E-state index in [9.17, 15) is 4.79 Å². The summed E-state index contributed by atoms with van der Waals surface area (Å²) in [7, 11) is 0. The van der Waals surface area contributed by atoms with Crippen molar-refractivity contribution in [3.63, 3.8) is 0 Å². The van der Waals surface area contributed by atoms with Crippen LogP contribution in [0.4, 0.5) is 0 Å². The Bertz CT molecular complexity index is 981. The Morgan fingerprint density at radius 2 is 2.00 bits per heavy atom. The van der Waals surface area contributed by atoms with Crippen LogP contribution < -0.4 is 5.56 Å². The van der Waals surface area contributed by atoms with Crippen LogP contribution >= 0.6 is 34.6 Å². The molecule has 0 bridgehead atoms. The van der Waals surface area contributed by atoms with E-state index in [1.807, 2.05) is 27.7 Å². The van der Waals surface area contributed by atoms with Crippen LogP contribution in [-0.4, -0.2) is 18.9 Å². The number of rotatable bonds is 4. The Labute approximate surface area is 152 Å². The summed E-state index contributed by atoms with van der Waals surface area (Å²) in [4.78, 5) is 24.4. The maximum absolute atomic E-state index is 13.0. The average Bonchev–Trinajstić information content (AvgIpc) is 3.19. The summed E-state index contributed by atoms with van der Waals surface area (Å²) < 4.78 is 7.09. The zero-order valence-electron chi connectivity index (χ0n) is 14.0. The van der Waals surface area contributed by atoms with Gasteiger partial charge in [0, 0.05) is 16.8 Å². The van der Waals surface area contributed by atoms with Crippen LogP contribution in [0.1, 0.15) is 54.9 Å². The molecular weight excluding hydrogens is 360 g/mol. The first-order valence-electron chi connectivity index (χ1n) is 7.99. The third-order valence-electron chi connectivity index (χ3n) is 4.26. The standard InChI is InChI=1S/C16H18N4OS3/c1-7(2)20-14(21)11-8(3)9(4)22-13(11)18-15(20)23-16-17-12(19-24-16)10-5-6-10/h7,10H,5-6H2,1-4H3. The molecule has 0 spiro atoms. The summed E-state index contributed by atoms with van der Waals surface area (Å²) in [5.74, 6) is 1.49. The number of nitrogens with zero attached hydrogens (tertiary/aromatic N) is 4. The molecule has 0 saturated heterocycles. The van der Waals surface area contributed by atoms with E-state index in [1.165, 1.54) is 36.1 Å². The maximum Gasteiger partial charge on any atom is 0.263 e. The molecule has 1 aliphatic rings. The molecule has 0 aliphatic heterocycles. The van der Waals surface area contributed by atoms with Gasteiger partial charge in [0.05, 0.1) is 5.39 Å². The first kappa shape index (κ1) is 16.2. The Kier molecular flexibility index (Phi) is 4.01. The van der Waals surface area contributed by atoms with Gasteiger partial charge in [-0.2, -0.15) is 4.37 Å². The van der Waals surface area contributed by atoms with Gasteiger partial charge in [-0.1, -0.05) is 0 Å². The van der Waals surface area contributed by atoms with Crippen molar-refractivity contribution in [1.29, 1.82) is 0 Å². The lowest BCUT2D eigenvalue weighted by molar-refractivity contribution is 0.519. The first-order chi connectivity index (χ1) is 11.5. The van der Waals surface area contributed by atoms with Crippen molar-refractivity contribution < 1.29 is 0 Å². The lowest BCUT2D eigenvalue weighted by Crippen LogP contribution is -2.24. The summed E-state index contributed by atoms with van der Waals surface area (Å²) in [5.41, 5.74) is 1.09. The van der Waals surface area contributed by atoms with Gasteiger partial charge in [0.25, 0.3) is 5.56 Å². The normalized spacial score (nSPS) is 14.9. The van der Waals surface area contributed by atoms with Gasteiger partial charge < -0.3 is 0 Å². The topological polar surface area (TPSA) is 60.7 Å². The van der Waals surface area contributed by atoms with Crippen LogP contribution in [0.25, 0.3) is 10.2 Å². The van der Waals surface area contributed by atoms with Crippen molar-refractivity contribution in [2.75, 3.05) is 0 Å². The smallest absolute Gasteiger partial charge is 0.263 e. The highest BCUT2D eigenvalue weighted by Crippen LogP contribution is 2.40. The van der Waals surface area contributed by atoms with E-state index in [2.05, 4.69) is 9.36 Å². The summed E-state index contributed by atoms with van der Waals surface area (Å²) in [6.45, 7) is 8.08. The first-order valence-corrected chi connectivity index (χ1v) is 10.4. The van der Waals surface area contributed by atoms with E-state index in [0.29, 0.717) is 11.1 Å². The van der Waals surface area contributed by atoms with Gasteiger partial charge in [0.2, 0.25) is 0 Å². The van der Waals surface area contributed by atoms with Crippen LogP contribution in [0.5, 0.6) is 0 Å². The van der Waals surface area contributed by atoms with E-state index in [0.717, 1.165) is 30.8 Å². The fraction of sp³-hybridized carbons (Fsp3) is 0.500. The van der Waals surface area contributed by atoms with Gasteiger partial charge in [-0.05, 0) is 69.4 Å². The van der Waals surface area contributed by atoms with E-state index in [1.54, 1.807) is 15.9 Å². The molecule has 1 aliphatic carbocycles. The summed E-state index contributed by atoms with van der Waals surface area (Å²) in [5, 5.41) is 1.47. The van der Waals surface area contributed by atoms with E-state index < -0.39 is 0 Å². The fourth-order valence-electron chi connectivity index (χ4n) is 2.66. The molecule has 1 saturated carbocycles. The van der Waals surface area contributed by atoms with Gasteiger partial charge in [0.1, 0.15) is 10.7 Å². The monoisotopic (exact) mass is 378 g/mol. The van der Waals surface area contributed by atoms with Crippen molar-refractivity contribution in [3.8, 4) is 0 Å². The predicted molar refractivity (Wildman–Crippen MR) is 99.7 cm³/mol. The third kappa shape index (κ3) is 2.70. The second-order valence-corrected chi connectivity index (χ2v) is 9.59. The van der Waals surface area contributed by atoms with Gasteiger partial charge >= 0.3 is 0 Å². The average molecular weight is 379 g/mol. The van der Waals surface area contributed by atoms with Gasteiger partial charge in [-0.15, -0.1) is 11.3 Å². The lowest BCUT2D eigenvalue weighted by atomic mass is 10.2. The molecule has 4 rings (SSSR count). The van der Waals surface area contributed by atoms with Crippen molar-refractivity contribution >= 4 is 44.8 Å². The van der Waals surface area contributed by atoms with Gasteiger partial charge in [0.15, 0.2) is 9.50 Å². The minimum absolute atomic E-state index is 0.0475. The highest BCUT2D eigenvalue weighted by molar-refractivity contribution is 8.00. The van der Waals surface area contributed by atoms with E-state index in [4.69, 9.17) is 4.98 Å². The summed E-state index contributed by atoms with van der Waals surface area (Å²) in [6.07, 6.45) is 2.38. The minimum atomic E-state index is 0.0475. The molecule has 0 aromatic carbocycles. The summed E-state index contributed by atoms with van der Waals surface area (Å²) in [6, 6.07) is 0.0485. The van der Waals surface area contributed by atoms with E-state index >= 15 is 0 Å². The van der Waals surface area contributed by atoms with Crippen molar-refractivity contribution in [1.82, 2.24) is 18.9 Å². The lowest BCUT2D eigenvalue weighted by Gasteiger charge is -2.14. The molecule has 3 heterocycles. The van der Waals surface area contributed by atoms with Crippen LogP contribution in [0.3, 0.4) is 0 Å². The van der Waals surface area contributed by atoms with Crippen LogP contribution in [0.15, 0.2) is 14.3 Å².